The number of imidazole rings is 1. The maximum Gasteiger partial charge on any atom is 0.225 e. The van der Waals surface area contributed by atoms with Gasteiger partial charge in [0, 0.05) is 54.5 Å². The molecule has 1 saturated carbocycles. The van der Waals surface area contributed by atoms with E-state index in [0.29, 0.717) is 16.9 Å². The number of nitrogens with zero attached hydrogens (tertiary/aromatic N) is 5. The molecule has 3 fully saturated rings. The summed E-state index contributed by atoms with van der Waals surface area (Å²) in [5.41, 5.74) is 2.31. The Morgan fingerprint density at radius 2 is 1.85 bits per heavy atom. The first-order chi connectivity index (χ1) is 19.0. The lowest BCUT2D eigenvalue weighted by molar-refractivity contribution is -0.137. The van der Waals surface area contributed by atoms with Gasteiger partial charge in [-0.05, 0) is 82.9 Å². The summed E-state index contributed by atoms with van der Waals surface area (Å²) in [6.45, 7) is 5.49. The number of carbonyl (C=O) groups is 1. The molecule has 2 aliphatic heterocycles. The molecule has 2 saturated heterocycles. The zero-order chi connectivity index (χ0) is 26.8. The third-order valence-electron chi connectivity index (χ3n) is 8.60. The van der Waals surface area contributed by atoms with Gasteiger partial charge in [0.25, 0.3) is 0 Å². The van der Waals surface area contributed by atoms with Gasteiger partial charge in [0.15, 0.2) is 5.65 Å². The number of amides is 1. The minimum Gasteiger partial charge on any atom is -0.381 e. The number of likely N-dealkylation sites (tertiary alicyclic amines) is 1. The highest BCUT2D eigenvalue weighted by molar-refractivity contribution is 6.30. The molecule has 208 valence electrons. The molecule has 1 aliphatic carbocycles. The molecule has 2 aromatic heterocycles. The van der Waals surface area contributed by atoms with E-state index in [0.717, 1.165) is 100 Å². The molecule has 3 aromatic rings. The van der Waals surface area contributed by atoms with E-state index in [1.54, 1.807) is 6.20 Å². The van der Waals surface area contributed by atoms with E-state index in [-0.39, 0.29) is 17.5 Å². The van der Waals surface area contributed by atoms with Crippen molar-refractivity contribution in [2.75, 3.05) is 36.9 Å². The van der Waals surface area contributed by atoms with E-state index in [1.807, 2.05) is 24.3 Å². The van der Waals surface area contributed by atoms with Crippen LogP contribution in [0.5, 0.6) is 0 Å². The van der Waals surface area contributed by atoms with Crippen LogP contribution in [0, 0.1) is 5.92 Å². The van der Waals surface area contributed by atoms with Crippen molar-refractivity contribution < 1.29 is 9.53 Å². The molecule has 0 bridgehead atoms. The van der Waals surface area contributed by atoms with E-state index in [9.17, 15) is 4.79 Å². The average molecular weight is 552 g/mol. The number of ether oxygens (including phenoxy) is 1. The summed E-state index contributed by atoms with van der Waals surface area (Å²) < 4.78 is 7.78. The van der Waals surface area contributed by atoms with Gasteiger partial charge in [-0.3, -0.25) is 9.36 Å². The Labute approximate surface area is 234 Å². The second-order valence-electron chi connectivity index (χ2n) is 11.5. The topological polar surface area (TPSA) is 97.2 Å². The van der Waals surface area contributed by atoms with Crippen LogP contribution in [-0.2, 0) is 9.53 Å². The van der Waals surface area contributed by atoms with Gasteiger partial charge in [-0.2, -0.15) is 4.98 Å². The van der Waals surface area contributed by atoms with Gasteiger partial charge in [-0.25, -0.2) is 9.97 Å². The van der Waals surface area contributed by atoms with Crippen LogP contribution in [0.3, 0.4) is 0 Å². The first kappa shape index (κ1) is 26.3. The van der Waals surface area contributed by atoms with Crippen LogP contribution < -0.4 is 10.6 Å². The van der Waals surface area contributed by atoms with Crippen LogP contribution in [0.2, 0.25) is 5.02 Å². The van der Waals surface area contributed by atoms with Gasteiger partial charge in [0.05, 0.1) is 6.20 Å². The summed E-state index contributed by atoms with van der Waals surface area (Å²) in [6, 6.07) is 7.84. The number of anilines is 3. The number of hydrogen-bond acceptors (Lipinski definition) is 7. The average Bonchev–Trinajstić information content (AvgIpc) is 3.30. The monoisotopic (exact) mass is 551 g/mol. The van der Waals surface area contributed by atoms with Crippen LogP contribution in [0.25, 0.3) is 11.2 Å². The van der Waals surface area contributed by atoms with Gasteiger partial charge in [0.2, 0.25) is 17.8 Å². The minimum absolute atomic E-state index is 0.106. The zero-order valence-electron chi connectivity index (χ0n) is 22.7. The number of aromatic nitrogens is 4. The van der Waals surface area contributed by atoms with Gasteiger partial charge in [-0.1, -0.05) is 17.7 Å². The number of carbonyl (C=O) groups excluding carboxylic acids is 1. The summed E-state index contributed by atoms with van der Waals surface area (Å²) in [5.74, 6) is 1.79. The fraction of sp³-hybridized carbons (Fsp3) is 0.586. The van der Waals surface area contributed by atoms with Crippen molar-refractivity contribution in [3.05, 3.63) is 35.5 Å². The van der Waals surface area contributed by atoms with E-state index < -0.39 is 0 Å². The highest BCUT2D eigenvalue weighted by Crippen LogP contribution is 2.38. The number of fused-ring (bicyclic) bond motifs is 1. The Morgan fingerprint density at radius 1 is 1.08 bits per heavy atom. The minimum atomic E-state index is -0.106. The second-order valence-corrected chi connectivity index (χ2v) is 12.0. The Bertz CT molecular complexity index is 1310. The van der Waals surface area contributed by atoms with Crippen LogP contribution in [-0.4, -0.2) is 62.2 Å². The predicted molar refractivity (Wildman–Crippen MR) is 154 cm³/mol. The van der Waals surface area contributed by atoms with Crippen LogP contribution >= 0.6 is 11.6 Å². The third kappa shape index (κ3) is 5.84. The molecular weight excluding hydrogens is 514 g/mol. The van der Waals surface area contributed by atoms with Gasteiger partial charge in [0.1, 0.15) is 5.52 Å². The summed E-state index contributed by atoms with van der Waals surface area (Å²) in [4.78, 5) is 29.8. The standard InChI is InChI=1S/C29H38ClN7O2/c1-29(12-16-39-17-13-29)35-27-31-19-24-25(34-27)37(28(33-24)32-22-7-5-6-21(30)18-22)23-10-8-20(9-11-23)26(38)36-14-3-2-4-15-36/h5-7,18-20,23H,2-4,8-17H2,1H3,(H,32,33)(H,31,34,35). The number of benzene rings is 1. The number of rotatable bonds is 6. The SMILES string of the molecule is CC1(Nc2ncc3nc(Nc4cccc(Cl)c4)n(C4CCC(C(=O)N5CCCCC5)CC4)c3n2)CCOCC1. The molecular formula is C29H38ClN7O2. The van der Waals surface area contributed by atoms with E-state index in [2.05, 4.69) is 32.0 Å². The van der Waals surface area contributed by atoms with E-state index in [1.165, 1.54) is 6.42 Å². The molecule has 0 unspecified atom stereocenters. The molecule has 1 amide bonds. The van der Waals surface area contributed by atoms with Crippen molar-refractivity contribution in [3.8, 4) is 0 Å². The Balaban J connectivity index is 1.28. The predicted octanol–water partition coefficient (Wildman–Crippen LogP) is 5.95. The van der Waals surface area contributed by atoms with Gasteiger partial charge < -0.3 is 20.3 Å². The largest absolute Gasteiger partial charge is 0.381 e. The van der Waals surface area contributed by atoms with Gasteiger partial charge >= 0.3 is 0 Å². The lowest BCUT2D eigenvalue weighted by atomic mass is 9.84. The second kappa shape index (κ2) is 11.3. The quantitative estimate of drug-likeness (QED) is 0.391. The van der Waals surface area contributed by atoms with Crippen molar-refractivity contribution in [2.24, 2.45) is 5.92 Å². The highest BCUT2D eigenvalue weighted by Gasteiger charge is 2.33. The summed E-state index contributed by atoms with van der Waals surface area (Å²) in [5, 5.41) is 7.72. The summed E-state index contributed by atoms with van der Waals surface area (Å²) >= 11 is 6.27. The molecule has 1 aromatic carbocycles. The first-order valence-corrected chi connectivity index (χ1v) is 14.8. The lowest BCUT2D eigenvalue weighted by Crippen LogP contribution is -2.41. The Morgan fingerprint density at radius 3 is 2.59 bits per heavy atom. The summed E-state index contributed by atoms with van der Waals surface area (Å²) in [6.07, 6.45) is 10.7. The molecule has 0 atom stereocenters. The smallest absolute Gasteiger partial charge is 0.225 e. The van der Waals surface area contributed by atoms with E-state index in [4.69, 9.17) is 26.3 Å². The first-order valence-electron chi connectivity index (χ1n) is 14.4. The molecule has 6 rings (SSSR count). The van der Waals surface area contributed by atoms with Gasteiger partial charge in [-0.15, -0.1) is 0 Å². The van der Waals surface area contributed by atoms with Crippen molar-refractivity contribution in [3.63, 3.8) is 0 Å². The number of nitrogens with one attached hydrogen (secondary N) is 2. The Hall–Kier alpha value is -2.91. The normalized spacial score (nSPS) is 23.5. The van der Waals surface area contributed by atoms with Crippen LogP contribution in [0.1, 0.15) is 70.8 Å². The molecule has 39 heavy (non-hydrogen) atoms. The molecule has 0 radical (unpaired) electrons. The number of halogens is 1. The van der Waals surface area contributed by atoms with Crippen LogP contribution in [0.15, 0.2) is 30.5 Å². The molecule has 2 N–H and O–H groups in total. The molecule has 9 nitrogen and oxygen atoms in total. The van der Waals surface area contributed by atoms with Crippen LogP contribution in [0.4, 0.5) is 17.6 Å². The Kier molecular flexibility index (Phi) is 7.62. The molecule has 4 heterocycles. The maximum absolute atomic E-state index is 13.2. The third-order valence-corrected chi connectivity index (χ3v) is 8.84. The fourth-order valence-electron chi connectivity index (χ4n) is 6.25. The fourth-order valence-corrected chi connectivity index (χ4v) is 6.44. The number of piperidine rings is 1. The molecule has 10 heteroatoms. The maximum atomic E-state index is 13.2. The molecule has 0 spiro atoms. The van der Waals surface area contributed by atoms with Crippen molar-refractivity contribution in [1.82, 2.24) is 24.4 Å². The zero-order valence-corrected chi connectivity index (χ0v) is 23.4. The lowest BCUT2D eigenvalue weighted by Gasteiger charge is -2.35. The van der Waals surface area contributed by atoms with Crippen molar-refractivity contribution >= 4 is 46.3 Å². The molecule has 3 aliphatic rings. The van der Waals surface area contributed by atoms with Crippen molar-refractivity contribution in [1.29, 1.82) is 0 Å². The summed E-state index contributed by atoms with van der Waals surface area (Å²) in [7, 11) is 0. The number of hydrogen-bond donors (Lipinski definition) is 2. The van der Waals surface area contributed by atoms with Crippen molar-refractivity contribution in [2.45, 2.75) is 76.3 Å². The highest BCUT2D eigenvalue weighted by atomic mass is 35.5. The van der Waals surface area contributed by atoms with E-state index >= 15 is 0 Å².